The highest BCUT2D eigenvalue weighted by atomic mass is 19.1. The third-order valence-electron chi connectivity index (χ3n) is 4.30. The van der Waals surface area contributed by atoms with Crippen molar-refractivity contribution in [3.05, 3.63) is 71.5 Å². The average molecular weight is 327 g/mol. The van der Waals surface area contributed by atoms with Crippen molar-refractivity contribution in [1.29, 1.82) is 0 Å². The van der Waals surface area contributed by atoms with E-state index in [1.165, 1.54) is 12.1 Å². The molecule has 0 radical (unpaired) electrons. The molecule has 3 rings (SSSR count). The van der Waals surface area contributed by atoms with Gasteiger partial charge in [0.1, 0.15) is 5.82 Å². The van der Waals surface area contributed by atoms with Gasteiger partial charge in [-0.15, -0.1) is 0 Å². The Morgan fingerprint density at radius 1 is 1.17 bits per heavy atom. The monoisotopic (exact) mass is 327 g/mol. The van der Waals surface area contributed by atoms with Gasteiger partial charge in [-0.25, -0.2) is 4.39 Å². The zero-order chi connectivity index (χ0) is 17.1. The molecular formula is C19H18FNO3. The fourth-order valence-electron chi connectivity index (χ4n) is 2.98. The summed E-state index contributed by atoms with van der Waals surface area (Å²) in [5.74, 6) is -1.69. The van der Waals surface area contributed by atoms with E-state index < -0.39 is 12.0 Å². The molecule has 3 unspecified atom stereocenters. The van der Waals surface area contributed by atoms with Crippen molar-refractivity contribution in [2.45, 2.75) is 24.8 Å². The summed E-state index contributed by atoms with van der Waals surface area (Å²) in [6, 6.07) is 14.8. The Morgan fingerprint density at radius 2 is 1.92 bits per heavy atom. The van der Waals surface area contributed by atoms with Crippen molar-refractivity contribution in [2.24, 2.45) is 5.92 Å². The smallest absolute Gasteiger partial charge is 0.305 e. The van der Waals surface area contributed by atoms with Gasteiger partial charge in [-0.05, 0) is 35.6 Å². The van der Waals surface area contributed by atoms with Gasteiger partial charge in [-0.1, -0.05) is 42.5 Å². The Balaban J connectivity index is 1.67. The van der Waals surface area contributed by atoms with Gasteiger partial charge in [0, 0.05) is 5.92 Å². The zero-order valence-corrected chi connectivity index (χ0v) is 13.0. The van der Waals surface area contributed by atoms with Crippen LogP contribution in [0.2, 0.25) is 0 Å². The molecule has 5 heteroatoms. The number of hydrogen-bond donors (Lipinski definition) is 2. The minimum absolute atomic E-state index is 0.00181. The predicted octanol–water partition coefficient (Wildman–Crippen LogP) is 3.26. The molecule has 1 amide bonds. The Labute approximate surface area is 139 Å². The van der Waals surface area contributed by atoms with E-state index in [0.29, 0.717) is 6.42 Å². The van der Waals surface area contributed by atoms with Crippen LogP contribution in [0.3, 0.4) is 0 Å². The lowest BCUT2D eigenvalue weighted by Crippen LogP contribution is -2.31. The molecular weight excluding hydrogens is 309 g/mol. The molecule has 2 aromatic rings. The largest absolute Gasteiger partial charge is 0.481 e. The summed E-state index contributed by atoms with van der Waals surface area (Å²) >= 11 is 0. The van der Waals surface area contributed by atoms with Gasteiger partial charge in [0.05, 0.1) is 12.5 Å². The second-order valence-electron chi connectivity index (χ2n) is 6.07. The summed E-state index contributed by atoms with van der Waals surface area (Å²) < 4.78 is 13.3. The van der Waals surface area contributed by atoms with Gasteiger partial charge in [0.15, 0.2) is 0 Å². The minimum Gasteiger partial charge on any atom is -0.481 e. The van der Waals surface area contributed by atoms with Crippen LogP contribution in [0, 0.1) is 11.7 Å². The Kier molecular flexibility index (Phi) is 4.60. The van der Waals surface area contributed by atoms with Crippen molar-refractivity contribution in [3.63, 3.8) is 0 Å². The average Bonchev–Trinajstić information content (AvgIpc) is 3.35. The SMILES string of the molecule is O=C(O)CC(NC(=O)C1CC1c1cccc(F)c1)c1ccccc1. The first-order valence-corrected chi connectivity index (χ1v) is 7.87. The number of hydrogen-bond acceptors (Lipinski definition) is 2. The molecule has 2 aromatic carbocycles. The van der Waals surface area contributed by atoms with Crippen LogP contribution in [0.1, 0.15) is 35.9 Å². The Bertz CT molecular complexity index is 747. The quantitative estimate of drug-likeness (QED) is 0.856. The third kappa shape index (κ3) is 3.79. The Morgan fingerprint density at radius 3 is 2.58 bits per heavy atom. The molecule has 0 spiro atoms. The van der Waals surface area contributed by atoms with Gasteiger partial charge in [-0.2, -0.15) is 0 Å². The van der Waals surface area contributed by atoms with Gasteiger partial charge < -0.3 is 10.4 Å². The minimum atomic E-state index is -0.971. The van der Waals surface area contributed by atoms with E-state index in [-0.39, 0.29) is 30.0 Å². The van der Waals surface area contributed by atoms with Gasteiger partial charge in [0.2, 0.25) is 5.91 Å². The molecule has 4 nitrogen and oxygen atoms in total. The molecule has 1 fully saturated rings. The lowest BCUT2D eigenvalue weighted by atomic mass is 10.0. The van der Waals surface area contributed by atoms with E-state index in [2.05, 4.69) is 5.32 Å². The van der Waals surface area contributed by atoms with Crippen LogP contribution in [-0.4, -0.2) is 17.0 Å². The molecule has 0 aromatic heterocycles. The molecule has 0 heterocycles. The maximum Gasteiger partial charge on any atom is 0.305 e. The van der Waals surface area contributed by atoms with Crippen molar-refractivity contribution < 1.29 is 19.1 Å². The van der Waals surface area contributed by atoms with Crippen LogP contribution in [-0.2, 0) is 9.59 Å². The first-order valence-electron chi connectivity index (χ1n) is 7.87. The third-order valence-corrected chi connectivity index (χ3v) is 4.30. The lowest BCUT2D eigenvalue weighted by molar-refractivity contribution is -0.137. The van der Waals surface area contributed by atoms with E-state index in [0.717, 1.165) is 11.1 Å². The number of halogens is 1. The van der Waals surface area contributed by atoms with E-state index in [1.807, 2.05) is 24.3 Å². The van der Waals surface area contributed by atoms with Crippen molar-refractivity contribution >= 4 is 11.9 Å². The van der Waals surface area contributed by atoms with Crippen molar-refractivity contribution in [2.75, 3.05) is 0 Å². The van der Waals surface area contributed by atoms with Crippen molar-refractivity contribution in [1.82, 2.24) is 5.32 Å². The van der Waals surface area contributed by atoms with Crippen LogP contribution >= 0.6 is 0 Å². The Hall–Kier alpha value is -2.69. The number of aliphatic carboxylic acids is 1. The zero-order valence-electron chi connectivity index (χ0n) is 13.0. The molecule has 1 saturated carbocycles. The summed E-state index contributed by atoms with van der Waals surface area (Å²) in [5, 5.41) is 11.9. The van der Waals surface area contributed by atoms with Crippen LogP contribution in [0.5, 0.6) is 0 Å². The lowest BCUT2D eigenvalue weighted by Gasteiger charge is -2.17. The molecule has 0 saturated heterocycles. The first kappa shape index (κ1) is 16.2. The second kappa shape index (κ2) is 6.83. The van der Waals surface area contributed by atoms with Crippen LogP contribution in [0.25, 0.3) is 0 Å². The van der Waals surface area contributed by atoms with Crippen LogP contribution in [0.15, 0.2) is 54.6 Å². The van der Waals surface area contributed by atoms with Crippen molar-refractivity contribution in [3.8, 4) is 0 Å². The second-order valence-corrected chi connectivity index (χ2v) is 6.07. The highest BCUT2D eigenvalue weighted by molar-refractivity contribution is 5.84. The van der Waals surface area contributed by atoms with Gasteiger partial charge in [0.25, 0.3) is 0 Å². The number of carboxylic acid groups (broad SMARTS) is 1. The summed E-state index contributed by atoms with van der Waals surface area (Å²) in [6.07, 6.45) is 0.483. The number of carboxylic acids is 1. The summed E-state index contributed by atoms with van der Waals surface area (Å²) in [6.45, 7) is 0. The standard InChI is InChI=1S/C19H18FNO3/c20-14-8-4-7-13(9-14)15-10-16(15)19(24)21-17(11-18(22)23)12-5-2-1-3-6-12/h1-9,15-17H,10-11H2,(H,21,24)(H,22,23). The first-order chi connectivity index (χ1) is 11.5. The number of rotatable bonds is 6. The summed E-state index contributed by atoms with van der Waals surface area (Å²) in [7, 11) is 0. The highest BCUT2D eigenvalue weighted by Crippen LogP contribution is 2.47. The maximum absolute atomic E-state index is 13.3. The topological polar surface area (TPSA) is 66.4 Å². The van der Waals surface area contributed by atoms with E-state index >= 15 is 0 Å². The normalized spacial score (nSPS) is 20.2. The van der Waals surface area contributed by atoms with Gasteiger partial charge in [-0.3, -0.25) is 9.59 Å². The summed E-state index contributed by atoms with van der Waals surface area (Å²) in [4.78, 5) is 23.5. The fourth-order valence-corrected chi connectivity index (χ4v) is 2.98. The molecule has 0 bridgehead atoms. The number of amides is 1. The van der Waals surface area contributed by atoms with Crippen LogP contribution in [0.4, 0.5) is 4.39 Å². The highest BCUT2D eigenvalue weighted by Gasteiger charge is 2.44. The van der Waals surface area contributed by atoms with E-state index in [9.17, 15) is 14.0 Å². The molecule has 0 aliphatic heterocycles. The molecule has 24 heavy (non-hydrogen) atoms. The predicted molar refractivity (Wildman–Crippen MR) is 86.8 cm³/mol. The molecule has 124 valence electrons. The number of nitrogens with one attached hydrogen (secondary N) is 1. The van der Waals surface area contributed by atoms with Gasteiger partial charge >= 0.3 is 5.97 Å². The molecule has 2 N–H and O–H groups in total. The molecule has 1 aliphatic carbocycles. The number of carbonyl (C=O) groups is 2. The van der Waals surface area contributed by atoms with E-state index in [4.69, 9.17) is 5.11 Å². The van der Waals surface area contributed by atoms with Crippen LogP contribution < -0.4 is 5.32 Å². The number of carbonyl (C=O) groups excluding carboxylic acids is 1. The maximum atomic E-state index is 13.3. The van der Waals surface area contributed by atoms with E-state index in [1.54, 1.807) is 18.2 Å². The molecule has 3 atom stereocenters. The number of benzene rings is 2. The fraction of sp³-hybridized carbons (Fsp3) is 0.263. The summed E-state index contributed by atoms with van der Waals surface area (Å²) in [5.41, 5.74) is 1.57. The molecule has 1 aliphatic rings.